The highest BCUT2D eigenvalue weighted by molar-refractivity contribution is 6.31. The number of nitrogens with two attached hydrogens (primary N) is 1. The molecule has 2 atom stereocenters. The number of rotatable bonds is 4. The number of nitrogens with zero attached hydrogens (tertiary/aromatic N) is 4. The van der Waals surface area contributed by atoms with Gasteiger partial charge < -0.3 is 10.5 Å². The molecule has 0 spiro atoms. The first-order valence-electron chi connectivity index (χ1n) is 9.70. The third-order valence-corrected chi connectivity index (χ3v) is 5.98. The number of hydrogen-bond donors (Lipinski definition) is 1. The van der Waals surface area contributed by atoms with E-state index in [0.717, 1.165) is 35.8 Å². The predicted octanol–water partition coefficient (Wildman–Crippen LogP) is 1.78. The normalized spacial score (nSPS) is 19.6. The van der Waals surface area contributed by atoms with Crippen molar-refractivity contribution >= 4 is 22.8 Å². The molecule has 29 heavy (non-hydrogen) atoms. The topological polar surface area (TPSA) is 97.1 Å². The Kier molecular flexibility index (Phi) is 5.23. The molecule has 2 heterocycles. The Balaban J connectivity index is 1.90. The number of aromatic nitrogens is 4. The zero-order valence-electron chi connectivity index (χ0n) is 16.5. The van der Waals surface area contributed by atoms with E-state index < -0.39 is 11.2 Å². The molecule has 0 bridgehead atoms. The van der Waals surface area contributed by atoms with E-state index >= 15 is 0 Å². The molecule has 0 amide bonds. The molecule has 0 radical (unpaired) electrons. The zero-order chi connectivity index (χ0) is 20.7. The lowest BCUT2D eigenvalue weighted by atomic mass is 9.93. The van der Waals surface area contributed by atoms with Gasteiger partial charge in [0.25, 0.3) is 11.6 Å². The molecule has 3 aromatic rings. The fraction of sp³-hybridized carbons (Fsp3) is 0.450. The minimum absolute atomic E-state index is 0.0935. The van der Waals surface area contributed by atoms with Gasteiger partial charge in [0.05, 0.1) is 6.54 Å². The first-order chi connectivity index (χ1) is 13.9. The van der Waals surface area contributed by atoms with Crippen molar-refractivity contribution in [3.8, 4) is 6.01 Å². The SMILES string of the molecule is Cn1c(=O)c2c(nc(O[C@@H]3CCCC[C@H]3N)n2Cc2ccccc2Cl)n(C)c1=O. The van der Waals surface area contributed by atoms with Gasteiger partial charge in [-0.25, -0.2) is 4.79 Å². The minimum Gasteiger partial charge on any atom is -0.460 e. The van der Waals surface area contributed by atoms with Crippen molar-refractivity contribution in [1.29, 1.82) is 0 Å². The van der Waals surface area contributed by atoms with E-state index in [4.69, 9.17) is 22.1 Å². The molecule has 9 heteroatoms. The highest BCUT2D eigenvalue weighted by Gasteiger charge is 2.27. The average Bonchev–Trinajstić information content (AvgIpc) is 3.06. The van der Waals surface area contributed by atoms with Gasteiger partial charge >= 0.3 is 5.69 Å². The fourth-order valence-corrected chi connectivity index (χ4v) is 4.06. The summed E-state index contributed by atoms with van der Waals surface area (Å²) in [6.45, 7) is 0.293. The molecule has 2 N–H and O–H groups in total. The number of aryl methyl sites for hydroxylation is 1. The Bertz CT molecular complexity index is 1180. The van der Waals surface area contributed by atoms with Crippen molar-refractivity contribution in [2.45, 2.75) is 44.4 Å². The summed E-state index contributed by atoms with van der Waals surface area (Å²) in [5, 5.41) is 0.580. The lowest BCUT2D eigenvalue weighted by Gasteiger charge is -2.28. The second kappa shape index (κ2) is 7.68. The van der Waals surface area contributed by atoms with Crippen LogP contribution in [-0.2, 0) is 20.6 Å². The van der Waals surface area contributed by atoms with Gasteiger partial charge in [-0.3, -0.25) is 18.5 Å². The molecule has 1 aliphatic carbocycles. The molecular formula is C20H24ClN5O3. The summed E-state index contributed by atoms with van der Waals surface area (Å²) in [6.07, 6.45) is 3.63. The van der Waals surface area contributed by atoms with Gasteiger partial charge in [0.1, 0.15) is 6.10 Å². The molecular weight excluding hydrogens is 394 g/mol. The largest absolute Gasteiger partial charge is 0.460 e. The number of benzene rings is 1. The summed E-state index contributed by atoms with van der Waals surface area (Å²) < 4.78 is 10.3. The van der Waals surface area contributed by atoms with Gasteiger partial charge in [-0.05, 0) is 30.9 Å². The number of halogens is 1. The van der Waals surface area contributed by atoms with Gasteiger partial charge in [0.15, 0.2) is 11.2 Å². The Hall–Kier alpha value is -2.58. The molecule has 0 aliphatic heterocycles. The molecule has 1 fully saturated rings. The number of imidazole rings is 1. The first-order valence-corrected chi connectivity index (χ1v) is 10.1. The molecule has 4 rings (SSSR count). The van der Waals surface area contributed by atoms with Crippen LogP contribution in [0.3, 0.4) is 0 Å². The summed E-state index contributed by atoms with van der Waals surface area (Å²) in [5.74, 6) is 0. The van der Waals surface area contributed by atoms with Gasteiger partial charge in [0.2, 0.25) is 0 Å². The third kappa shape index (κ3) is 3.47. The van der Waals surface area contributed by atoms with E-state index in [1.165, 1.54) is 11.6 Å². The van der Waals surface area contributed by atoms with Crippen molar-refractivity contribution in [2.75, 3.05) is 0 Å². The van der Waals surface area contributed by atoms with Crippen LogP contribution in [0.25, 0.3) is 11.2 Å². The van der Waals surface area contributed by atoms with Crippen LogP contribution < -0.4 is 21.7 Å². The van der Waals surface area contributed by atoms with Crippen LogP contribution in [0.5, 0.6) is 6.01 Å². The van der Waals surface area contributed by atoms with Gasteiger partial charge in [-0.1, -0.05) is 36.2 Å². The Labute approximate surface area is 172 Å². The van der Waals surface area contributed by atoms with Gasteiger partial charge in [-0.2, -0.15) is 4.98 Å². The van der Waals surface area contributed by atoms with Gasteiger partial charge in [0, 0.05) is 25.2 Å². The van der Waals surface area contributed by atoms with Gasteiger partial charge in [-0.15, -0.1) is 0 Å². The van der Waals surface area contributed by atoms with Crippen molar-refractivity contribution in [1.82, 2.24) is 18.7 Å². The van der Waals surface area contributed by atoms with Crippen LogP contribution in [0.2, 0.25) is 5.02 Å². The number of fused-ring (bicyclic) bond motifs is 1. The molecule has 0 saturated heterocycles. The zero-order valence-corrected chi connectivity index (χ0v) is 17.2. The molecule has 0 unspecified atom stereocenters. The van der Waals surface area contributed by atoms with Crippen molar-refractivity contribution in [2.24, 2.45) is 19.8 Å². The summed E-state index contributed by atoms with van der Waals surface area (Å²) in [6, 6.07) is 7.59. The van der Waals surface area contributed by atoms with Crippen molar-refractivity contribution in [3.63, 3.8) is 0 Å². The Morgan fingerprint density at radius 1 is 1.17 bits per heavy atom. The number of ether oxygens (including phenoxy) is 1. The molecule has 154 valence electrons. The second-order valence-electron chi connectivity index (χ2n) is 7.55. The van der Waals surface area contributed by atoms with Crippen LogP contribution >= 0.6 is 11.6 Å². The fourth-order valence-electron chi connectivity index (χ4n) is 3.87. The van der Waals surface area contributed by atoms with E-state index in [2.05, 4.69) is 4.98 Å². The highest BCUT2D eigenvalue weighted by atomic mass is 35.5. The maximum absolute atomic E-state index is 12.9. The first kappa shape index (κ1) is 19.7. The second-order valence-corrected chi connectivity index (χ2v) is 7.96. The number of hydrogen-bond acceptors (Lipinski definition) is 5. The highest BCUT2D eigenvalue weighted by Crippen LogP contribution is 2.27. The molecule has 2 aromatic heterocycles. The van der Waals surface area contributed by atoms with Crippen LogP contribution in [0.15, 0.2) is 33.9 Å². The lowest BCUT2D eigenvalue weighted by molar-refractivity contribution is 0.117. The quantitative estimate of drug-likeness (QED) is 0.697. The molecule has 1 aromatic carbocycles. The smallest absolute Gasteiger partial charge is 0.332 e. The average molecular weight is 418 g/mol. The Morgan fingerprint density at radius 3 is 2.62 bits per heavy atom. The Morgan fingerprint density at radius 2 is 1.90 bits per heavy atom. The summed E-state index contributed by atoms with van der Waals surface area (Å²) in [5.41, 5.74) is 6.79. The predicted molar refractivity (Wildman–Crippen MR) is 112 cm³/mol. The van der Waals surface area contributed by atoms with Crippen LogP contribution in [0.1, 0.15) is 31.2 Å². The molecule has 8 nitrogen and oxygen atoms in total. The van der Waals surface area contributed by atoms with Crippen molar-refractivity contribution < 1.29 is 4.74 Å². The molecule has 1 aliphatic rings. The summed E-state index contributed by atoms with van der Waals surface area (Å²) in [4.78, 5) is 29.8. The van der Waals surface area contributed by atoms with Crippen LogP contribution in [-0.4, -0.2) is 30.8 Å². The standard InChI is InChI=1S/C20H24ClN5O3/c1-24-17-16(18(27)25(2)20(24)28)26(11-12-7-3-4-8-13(12)21)19(23-17)29-15-10-6-5-9-14(15)22/h3-4,7-8,14-15H,5-6,9-11,22H2,1-2H3/t14-,15-/m1/s1. The summed E-state index contributed by atoms with van der Waals surface area (Å²) in [7, 11) is 3.04. The van der Waals surface area contributed by atoms with E-state index in [1.807, 2.05) is 18.2 Å². The third-order valence-electron chi connectivity index (χ3n) is 5.61. The molecule has 1 saturated carbocycles. The minimum atomic E-state index is -0.439. The van der Waals surface area contributed by atoms with Crippen LogP contribution in [0, 0.1) is 0 Å². The monoisotopic (exact) mass is 417 g/mol. The van der Waals surface area contributed by atoms with Crippen molar-refractivity contribution in [3.05, 3.63) is 55.7 Å². The van der Waals surface area contributed by atoms with E-state index in [1.54, 1.807) is 17.7 Å². The lowest BCUT2D eigenvalue weighted by Crippen LogP contribution is -2.41. The maximum atomic E-state index is 12.9. The van der Waals surface area contributed by atoms with Crippen LogP contribution in [0.4, 0.5) is 0 Å². The summed E-state index contributed by atoms with van der Waals surface area (Å²) >= 11 is 6.35. The van der Waals surface area contributed by atoms with E-state index in [0.29, 0.717) is 17.1 Å². The van der Waals surface area contributed by atoms with E-state index in [9.17, 15) is 9.59 Å². The van der Waals surface area contributed by atoms with E-state index in [-0.39, 0.29) is 23.8 Å². The maximum Gasteiger partial charge on any atom is 0.332 e.